The Labute approximate surface area is 224 Å². The second-order valence-electron chi connectivity index (χ2n) is 9.87. The first-order chi connectivity index (χ1) is 18.1. The van der Waals surface area contributed by atoms with Crippen LogP contribution >= 0.6 is 0 Å². The lowest BCUT2D eigenvalue weighted by atomic mass is 9.94. The zero-order chi connectivity index (χ0) is 28.0. The van der Waals surface area contributed by atoms with E-state index < -0.39 is 23.7 Å². The minimum Gasteiger partial charge on any atom is -0.507 e. The topological polar surface area (TPSA) is 96.4 Å². The Balaban J connectivity index is 2.06. The molecule has 0 radical (unpaired) electrons. The Hall–Kier alpha value is -3.65. The molecule has 8 nitrogen and oxygen atoms in total. The number of aryl methyl sites for hydroxylation is 1. The van der Waals surface area contributed by atoms with Gasteiger partial charge in [-0.3, -0.25) is 14.4 Å². The molecule has 0 aliphatic carbocycles. The second kappa shape index (κ2) is 12.7. The van der Waals surface area contributed by atoms with E-state index in [1.54, 1.807) is 42.5 Å². The summed E-state index contributed by atoms with van der Waals surface area (Å²) < 4.78 is 11.0. The fourth-order valence-electron chi connectivity index (χ4n) is 4.50. The zero-order valence-electron chi connectivity index (χ0n) is 23.1. The molecule has 1 aliphatic heterocycles. The van der Waals surface area contributed by atoms with Gasteiger partial charge in [-0.1, -0.05) is 39.8 Å². The van der Waals surface area contributed by atoms with Crippen molar-refractivity contribution in [2.24, 2.45) is 5.92 Å². The van der Waals surface area contributed by atoms with Crippen molar-refractivity contribution in [3.8, 4) is 11.5 Å². The number of esters is 1. The fraction of sp³-hybridized carbons (Fsp3) is 0.433. The summed E-state index contributed by atoms with van der Waals surface area (Å²) in [6.45, 7) is 14.5. The predicted octanol–water partition coefficient (Wildman–Crippen LogP) is 4.72. The highest BCUT2D eigenvalue weighted by Gasteiger charge is 2.46. The molecule has 1 atom stereocenters. The number of aliphatic hydroxyl groups is 1. The summed E-state index contributed by atoms with van der Waals surface area (Å²) in [6, 6.07) is 11.1. The van der Waals surface area contributed by atoms with E-state index >= 15 is 0 Å². The lowest BCUT2D eigenvalue weighted by Gasteiger charge is -2.28. The van der Waals surface area contributed by atoms with Crippen LogP contribution in [-0.4, -0.2) is 65.4 Å². The van der Waals surface area contributed by atoms with Gasteiger partial charge >= 0.3 is 5.97 Å². The van der Waals surface area contributed by atoms with Gasteiger partial charge in [0.05, 0.1) is 18.2 Å². The quantitative estimate of drug-likeness (QED) is 0.150. The maximum atomic E-state index is 13.3. The van der Waals surface area contributed by atoms with E-state index in [1.165, 1.54) is 11.8 Å². The van der Waals surface area contributed by atoms with E-state index in [4.69, 9.17) is 9.47 Å². The molecule has 3 rings (SSSR count). The lowest BCUT2D eigenvalue weighted by molar-refractivity contribution is -0.140. The monoisotopic (exact) mass is 522 g/mol. The Morgan fingerprint density at radius 3 is 2.29 bits per heavy atom. The molecule has 1 heterocycles. The van der Waals surface area contributed by atoms with Gasteiger partial charge < -0.3 is 24.4 Å². The van der Waals surface area contributed by atoms with Crippen molar-refractivity contribution >= 4 is 23.4 Å². The van der Waals surface area contributed by atoms with Crippen LogP contribution in [0.3, 0.4) is 0 Å². The summed E-state index contributed by atoms with van der Waals surface area (Å²) in [5.41, 5.74) is 1.91. The Morgan fingerprint density at radius 2 is 1.74 bits per heavy atom. The molecular formula is C30H38N2O6. The summed E-state index contributed by atoms with van der Waals surface area (Å²) in [5.74, 6) is -0.640. The molecule has 1 N–H and O–H groups in total. The number of ether oxygens (including phenoxy) is 2. The van der Waals surface area contributed by atoms with Crippen molar-refractivity contribution in [1.82, 2.24) is 9.80 Å². The molecular weight excluding hydrogens is 484 g/mol. The van der Waals surface area contributed by atoms with Crippen molar-refractivity contribution in [2.75, 3.05) is 32.8 Å². The van der Waals surface area contributed by atoms with Crippen molar-refractivity contribution in [2.45, 2.75) is 47.6 Å². The van der Waals surface area contributed by atoms with E-state index in [2.05, 4.69) is 18.7 Å². The van der Waals surface area contributed by atoms with Crippen LogP contribution in [0.15, 0.2) is 48.0 Å². The molecule has 0 spiro atoms. The summed E-state index contributed by atoms with van der Waals surface area (Å²) in [6.07, 6.45) is 0. The summed E-state index contributed by atoms with van der Waals surface area (Å²) >= 11 is 0. The van der Waals surface area contributed by atoms with Gasteiger partial charge in [0.15, 0.2) is 0 Å². The number of carbonyl (C=O) groups is 3. The molecule has 2 aromatic carbocycles. The van der Waals surface area contributed by atoms with E-state index in [0.717, 1.165) is 18.7 Å². The van der Waals surface area contributed by atoms with Gasteiger partial charge in [-0.2, -0.15) is 0 Å². The molecule has 1 aliphatic rings. The van der Waals surface area contributed by atoms with Crippen molar-refractivity contribution < 1.29 is 29.0 Å². The largest absolute Gasteiger partial charge is 0.507 e. The van der Waals surface area contributed by atoms with Gasteiger partial charge in [0.2, 0.25) is 0 Å². The number of hydrogen-bond donors (Lipinski definition) is 1. The SMILES string of the molecule is CCN(CC)CCN1C(=O)C(=O)/C(=C(\O)c2ccc(OCC(C)C)c(C)c2)C1c1ccc(OC(C)=O)cc1. The van der Waals surface area contributed by atoms with Crippen molar-refractivity contribution in [3.63, 3.8) is 0 Å². The molecule has 0 aromatic heterocycles. The van der Waals surface area contributed by atoms with Crippen LogP contribution in [0.2, 0.25) is 0 Å². The Kier molecular flexibility index (Phi) is 9.69. The van der Waals surface area contributed by atoms with Crippen molar-refractivity contribution in [3.05, 3.63) is 64.7 Å². The number of amides is 1. The first-order valence-corrected chi connectivity index (χ1v) is 13.1. The zero-order valence-corrected chi connectivity index (χ0v) is 23.1. The minimum atomic E-state index is -0.783. The highest BCUT2D eigenvalue weighted by molar-refractivity contribution is 6.46. The number of ketones is 1. The second-order valence-corrected chi connectivity index (χ2v) is 9.87. The van der Waals surface area contributed by atoms with Crippen molar-refractivity contribution in [1.29, 1.82) is 0 Å². The predicted molar refractivity (Wildman–Crippen MR) is 146 cm³/mol. The van der Waals surface area contributed by atoms with Gasteiger partial charge in [0.1, 0.15) is 17.3 Å². The molecule has 1 saturated heterocycles. The van der Waals surface area contributed by atoms with Crippen LogP contribution in [0.1, 0.15) is 57.4 Å². The maximum Gasteiger partial charge on any atom is 0.308 e. The van der Waals surface area contributed by atoms with Crippen LogP contribution in [-0.2, 0) is 14.4 Å². The average molecular weight is 523 g/mol. The van der Waals surface area contributed by atoms with E-state index in [9.17, 15) is 19.5 Å². The number of likely N-dealkylation sites (N-methyl/N-ethyl adjacent to an activating group) is 1. The van der Waals surface area contributed by atoms with Gasteiger partial charge in [-0.25, -0.2) is 0 Å². The molecule has 1 amide bonds. The lowest BCUT2D eigenvalue weighted by Crippen LogP contribution is -2.38. The highest BCUT2D eigenvalue weighted by Crippen LogP contribution is 2.40. The van der Waals surface area contributed by atoms with Crippen LogP contribution < -0.4 is 9.47 Å². The number of carbonyl (C=O) groups excluding carboxylic acids is 3. The van der Waals surface area contributed by atoms with Crippen LogP contribution in [0.4, 0.5) is 0 Å². The molecule has 2 aromatic rings. The number of hydrogen-bond acceptors (Lipinski definition) is 7. The number of benzene rings is 2. The third kappa shape index (κ3) is 6.61. The van der Waals surface area contributed by atoms with Gasteiger partial charge in [0, 0.05) is 25.6 Å². The number of nitrogens with zero attached hydrogens (tertiary/aromatic N) is 2. The molecule has 0 bridgehead atoms. The van der Waals surface area contributed by atoms with Crippen LogP contribution in [0.5, 0.6) is 11.5 Å². The summed E-state index contributed by atoms with van der Waals surface area (Å²) in [4.78, 5) is 41.6. The number of aliphatic hydroxyl groups excluding tert-OH is 1. The standard InChI is InChI=1S/C30H38N2O6/c1-7-31(8-2)15-16-32-27(22-9-12-24(13-10-22)38-21(6)33)26(29(35)30(32)36)28(34)23-11-14-25(20(5)17-23)37-18-19(3)4/h9-14,17,19,27,34H,7-8,15-16,18H2,1-6H3/b28-26-. The fourth-order valence-corrected chi connectivity index (χ4v) is 4.50. The molecule has 8 heteroatoms. The minimum absolute atomic E-state index is 0.0324. The Morgan fingerprint density at radius 1 is 1.08 bits per heavy atom. The summed E-state index contributed by atoms with van der Waals surface area (Å²) in [7, 11) is 0. The number of rotatable bonds is 11. The average Bonchev–Trinajstić information content (AvgIpc) is 3.13. The Bertz CT molecular complexity index is 1200. The first-order valence-electron chi connectivity index (χ1n) is 13.1. The molecule has 0 saturated carbocycles. The van der Waals surface area contributed by atoms with Gasteiger partial charge in [-0.05, 0) is 67.4 Å². The molecule has 38 heavy (non-hydrogen) atoms. The van der Waals surface area contributed by atoms with E-state index in [0.29, 0.717) is 48.2 Å². The third-order valence-electron chi connectivity index (χ3n) is 6.57. The maximum absolute atomic E-state index is 13.3. The number of Topliss-reactive ketones (excluding diaryl/α,β-unsaturated/α-hetero) is 1. The first kappa shape index (κ1) is 28.9. The van der Waals surface area contributed by atoms with E-state index in [1.807, 2.05) is 20.8 Å². The third-order valence-corrected chi connectivity index (χ3v) is 6.57. The van der Waals surface area contributed by atoms with Gasteiger partial charge in [-0.15, -0.1) is 0 Å². The van der Waals surface area contributed by atoms with Gasteiger partial charge in [0.25, 0.3) is 11.7 Å². The molecule has 1 fully saturated rings. The smallest absolute Gasteiger partial charge is 0.308 e. The number of likely N-dealkylation sites (tertiary alicyclic amines) is 1. The van der Waals surface area contributed by atoms with E-state index in [-0.39, 0.29) is 11.3 Å². The summed E-state index contributed by atoms with van der Waals surface area (Å²) in [5, 5.41) is 11.4. The molecule has 1 unspecified atom stereocenters. The van der Waals surface area contributed by atoms with Crippen LogP contribution in [0.25, 0.3) is 5.76 Å². The normalized spacial score (nSPS) is 16.9. The molecule has 204 valence electrons. The van der Waals surface area contributed by atoms with Crippen LogP contribution in [0, 0.1) is 12.8 Å². The highest BCUT2D eigenvalue weighted by atomic mass is 16.5.